The molecule has 1 N–H and O–H groups in total. The summed E-state index contributed by atoms with van der Waals surface area (Å²) >= 11 is 0. The fourth-order valence-corrected chi connectivity index (χ4v) is 0.870. The Morgan fingerprint density at radius 2 is 2.00 bits per heavy atom. The first-order chi connectivity index (χ1) is 5.65. The van der Waals surface area contributed by atoms with E-state index >= 15 is 0 Å². The summed E-state index contributed by atoms with van der Waals surface area (Å²) in [7, 11) is 0. The number of nitrogens with zero attached hydrogens (tertiary/aromatic N) is 1. The lowest BCUT2D eigenvalue weighted by Crippen LogP contribution is -2.33. The van der Waals surface area contributed by atoms with Crippen LogP contribution in [0.2, 0.25) is 0 Å². The molecule has 1 aliphatic heterocycles. The van der Waals surface area contributed by atoms with E-state index in [1.165, 1.54) is 0 Å². The van der Waals surface area contributed by atoms with Crippen molar-refractivity contribution < 1.29 is 19.5 Å². The minimum absolute atomic E-state index is 0.176. The molecule has 0 aromatic heterocycles. The van der Waals surface area contributed by atoms with Crippen LogP contribution in [0.15, 0.2) is 0 Å². The van der Waals surface area contributed by atoms with Gasteiger partial charge in [-0.25, -0.2) is 4.84 Å². The molecule has 0 aliphatic carbocycles. The average Bonchev–Trinajstić information content (AvgIpc) is 2.35. The molecule has 5 heteroatoms. The monoisotopic (exact) mass is 173 g/mol. The summed E-state index contributed by atoms with van der Waals surface area (Å²) in [5.41, 5.74) is 0. The van der Waals surface area contributed by atoms with Gasteiger partial charge in [0.05, 0.1) is 0 Å². The first-order valence-corrected chi connectivity index (χ1v) is 3.85. The Bertz CT molecular complexity index is 188. The largest absolute Gasteiger partial charge is 0.366 e. The molecule has 1 aliphatic rings. The maximum Gasteiger partial charge on any atom is 0.254 e. The minimum Gasteiger partial charge on any atom is -0.366 e. The van der Waals surface area contributed by atoms with Gasteiger partial charge in [-0.05, 0) is 6.42 Å². The quantitative estimate of drug-likeness (QED) is 0.474. The predicted octanol–water partition coefficient (Wildman–Crippen LogP) is -0.205. The van der Waals surface area contributed by atoms with Gasteiger partial charge in [-0.15, -0.1) is 0 Å². The van der Waals surface area contributed by atoms with Crippen molar-refractivity contribution in [1.82, 2.24) is 5.06 Å². The SMILES string of the molecule is CCC(O)ON1C(=O)CCC1=O. The van der Waals surface area contributed by atoms with Crippen molar-refractivity contribution in [2.24, 2.45) is 0 Å². The lowest BCUT2D eigenvalue weighted by atomic mass is 10.4. The van der Waals surface area contributed by atoms with Crippen LogP contribution < -0.4 is 0 Å². The van der Waals surface area contributed by atoms with Gasteiger partial charge < -0.3 is 5.11 Å². The van der Waals surface area contributed by atoms with Gasteiger partial charge in [0, 0.05) is 12.8 Å². The zero-order valence-corrected chi connectivity index (χ0v) is 6.82. The van der Waals surface area contributed by atoms with Crippen LogP contribution in [0.3, 0.4) is 0 Å². The van der Waals surface area contributed by atoms with Crippen molar-refractivity contribution in [1.29, 1.82) is 0 Å². The third kappa shape index (κ3) is 1.80. The summed E-state index contributed by atoms with van der Waals surface area (Å²) < 4.78 is 0. The van der Waals surface area contributed by atoms with E-state index in [2.05, 4.69) is 4.84 Å². The summed E-state index contributed by atoms with van der Waals surface area (Å²) in [5.74, 6) is -0.764. The average molecular weight is 173 g/mol. The van der Waals surface area contributed by atoms with Gasteiger partial charge in [-0.3, -0.25) is 9.59 Å². The number of hydrogen-bond donors (Lipinski definition) is 1. The van der Waals surface area contributed by atoms with Gasteiger partial charge in [-0.2, -0.15) is 5.06 Å². The molecule has 0 saturated carbocycles. The van der Waals surface area contributed by atoms with Crippen molar-refractivity contribution in [3.05, 3.63) is 0 Å². The molecular weight excluding hydrogens is 162 g/mol. The van der Waals surface area contributed by atoms with E-state index in [1.54, 1.807) is 6.92 Å². The van der Waals surface area contributed by atoms with E-state index in [0.717, 1.165) is 0 Å². The van der Waals surface area contributed by atoms with Crippen molar-refractivity contribution >= 4 is 11.8 Å². The van der Waals surface area contributed by atoms with E-state index < -0.39 is 6.29 Å². The highest BCUT2D eigenvalue weighted by molar-refractivity contribution is 6.00. The van der Waals surface area contributed by atoms with Crippen LogP contribution in [0.1, 0.15) is 26.2 Å². The predicted molar refractivity (Wildman–Crippen MR) is 38.5 cm³/mol. The normalized spacial score (nSPS) is 20.3. The molecule has 1 rings (SSSR count). The molecule has 1 unspecified atom stereocenters. The fraction of sp³-hybridized carbons (Fsp3) is 0.714. The molecule has 0 spiro atoms. The van der Waals surface area contributed by atoms with Crippen LogP contribution in [0.4, 0.5) is 0 Å². The van der Waals surface area contributed by atoms with Gasteiger partial charge in [0.25, 0.3) is 11.8 Å². The third-order valence-corrected chi connectivity index (χ3v) is 1.58. The Morgan fingerprint density at radius 1 is 1.50 bits per heavy atom. The molecule has 5 nitrogen and oxygen atoms in total. The van der Waals surface area contributed by atoms with Crippen molar-refractivity contribution in [2.45, 2.75) is 32.5 Å². The maximum atomic E-state index is 10.9. The van der Waals surface area contributed by atoms with Crippen LogP contribution in [0, 0.1) is 0 Å². The van der Waals surface area contributed by atoms with Crippen LogP contribution in [0.25, 0.3) is 0 Å². The number of hydrogen-bond acceptors (Lipinski definition) is 4. The van der Waals surface area contributed by atoms with E-state index in [-0.39, 0.29) is 24.7 Å². The van der Waals surface area contributed by atoms with Gasteiger partial charge in [0.15, 0.2) is 6.29 Å². The van der Waals surface area contributed by atoms with E-state index in [4.69, 9.17) is 5.11 Å². The van der Waals surface area contributed by atoms with Crippen LogP contribution in [-0.4, -0.2) is 28.3 Å². The molecule has 12 heavy (non-hydrogen) atoms. The number of imide groups is 1. The third-order valence-electron chi connectivity index (χ3n) is 1.58. The van der Waals surface area contributed by atoms with E-state index in [9.17, 15) is 9.59 Å². The van der Waals surface area contributed by atoms with Crippen molar-refractivity contribution in [3.63, 3.8) is 0 Å². The summed E-state index contributed by atoms with van der Waals surface area (Å²) in [6.07, 6.45) is -0.377. The lowest BCUT2D eigenvalue weighted by molar-refractivity contribution is -0.244. The molecule has 68 valence electrons. The number of rotatable bonds is 3. The van der Waals surface area contributed by atoms with Gasteiger partial charge in [-0.1, -0.05) is 6.92 Å². The van der Waals surface area contributed by atoms with Crippen molar-refractivity contribution in [3.8, 4) is 0 Å². The number of hydroxylamine groups is 2. The number of carbonyl (C=O) groups excluding carboxylic acids is 2. The highest BCUT2D eigenvalue weighted by Crippen LogP contribution is 2.13. The molecule has 0 radical (unpaired) electrons. The zero-order valence-electron chi connectivity index (χ0n) is 6.82. The summed E-state index contributed by atoms with van der Waals surface area (Å²) in [6.45, 7) is 1.69. The zero-order chi connectivity index (χ0) is 9.14. The minimum atomic E-state index is -1.07. The number of carbonyl (C=O) groups is 2. The number of aliphatic hydroxyl groups is 1. The van der Waals surface area contributed by atoms with Gasteiger partial charge in [0.2, 0.25) is 0 Å². The summed E-state index contributed by atoms with van der Waals surface area (Å²) in [4.78, 5) is 26.5. The molecule has 1 atom stereocenters. The summed E-state index contributed by atoms with van der Waals surface area (Å²) in [6, 6.07) is 0. The highest BCUT2D eigenvalue weighted by Gasteiger charge is 2.31. The second kappa shape index (κ2) is 3.64. The van der Waals surface area contributed by atoms with E-state index in [1.807, 2.05) is 0 Å². The maximum absolute atomic E-state index is 10.9. The number of aliphatic hydroxyl groups excluding tert-OH is 1. The molecule has 0 aromatic carbocycles. The highest BCUT2D eigenvalue weighted by atomic mass is 16.8. The number of amides is 2. The summed E-state index contributed by atoms with van der Waals surface area (Å²) in [5, 5.41) is 9.63. The van der Waals surface area contributed by atoms with Crippen LogP contribution >= 0.6 is 0 Å². The van der Waals surface area contributed by atoms with Crippen molar-refractivity contribution in [2.75, 3.05) is 0 Å². The molecule has 0 bridgehead atoms. The van der Waals surface area contributed by atoms with Gasteiger partial charge in [0.1, 0.15) is 0 Å². The Hall–Kier alpha value is -0.940. The fourth-order valence-electron chi connectivity index (χ4n) is 0.870. The first kappa shape index (κ1) is 9.15. The second-order valence-electron chi connectivity index (χ2n) is 2.55. The second-order valence-corrected chi connectivity index (χ2v) is 2.55. The van der Waals surface area contributed by atoms with Crippen LogP contribution in [-0.2, 0) is 14.4 Å². The Kier molecular flexibility index (Phi) is 2.78. The Labute approximate surface area is 69.9 Å². The van der Waals surface area contributed by atoms with E-state index in [0.29, 0.717) is 11.5 Å². The molecule has 0 aromatic rings. The molecule has 2 amide bonds. The molecule has 1 saturated heterocycles. The Morgan fingerprint density at radius 3 is 2.42 bits per heavy atom. The molecular formula is C7H11NO4. The lowest BCUT2D eigenvalue weighted by Gasteiger charge is -2.16. The molecule has 1 fully saturated rings. The smallest absolute Gasteiger partial charge is 0.254 e. The Balaban J connectivity index is 2.50. The standard InChI is InChI=1S/C7H11NO4/c1-2-7(11)12-8-5(9)3-4-6(8)10/h7,11H,2-4H2,1H3. The topological polar surface area (TPSA) is 66.8 Å². The molecule has 1 heterocycles. The van der Waals surface area contributed by atoms with Crippen LogP contribution in [0.5, 0.6) is 0 Å². The first-order valence-electron chi connectivity index (χ1n) is 3.85. The van der Waals surface area contributed by atoms with Gasteiger partial charge >= 0.3 is 0 Å².